The van der Waals surface area contributed by atoms with Crippen molar-refractivity contribution in [1.29, 1.82) is 0 Å². The fourth-order valence-corrected chi connectivity index (χ4v) is 1.67. The number of nitrogens with two attached hydrogens (primary N) is 1. The summed E-state index contributed by atoms with van der Waals surface area (Å²) in [6, 6.07) is 6.72. The maximum Gasteiger partial charge on any atom is 0.253 e. The van der Waals surface area contributed by atoms with E-state index in [-0.39, 0.29) is 17.8 Å². The van der Waals surface area contributed by atoms with Gasteiger partial charge in [0, 0.05) is 12.2 Å². The summed E-state index contributed by atoms with van der Waals surface area (Å²) < 4.78 is 38.6. The molecule has 104 valence electrons. The predicted molar refractivity (Wildman–Crippen MR) is 68.3 cm³/mol. The lowest BCUT2D eigenvalue weighted by atomic mass is 10.1. The van der Waals surface area contributed by atoms with Gasteiger partial charge in [-0.15, -0.1) is 0 Å². The molecule has 0 saturated heterocycles. The van der Waals surface area contributed by atoms with E-state index in [1.807, 2.05) is 0 Å². The summed E-state index contributed by atoms with van der Waals surface area (Å²) in [5.41, 5.74) is 6.05. The number of rotatable bonds is 3. The molecule has 0 bridgehead atoms. The topological polar surface area (TPSA) is 55.1 Å². The van der Waals surface area contributed by atoms with Crippen molar-refractivity contribution < 1.29 is 18.0 Å². The Morgan fingerprint density at radius 3 is 2.45 bits per heavy atom. The molecule has 0 aliphatic heterocycles. The quantitative estimate of drug-likeness (QED) is 0.849. The highest BCUT2D eigenvalue weighted by Crippen LogP contribution is 2.14. The van der Waals surface area contributed by atoms with Gasteiger partial charge in [0.05, 0.1) is 5.56 Å². The van der Waals surface area contributed by atoms with Crippen molar-refractivity contribution >= 4 is 11.6 Å². The van der Waals surface area contributed by atoms with E-state index in [1.165, 1.54) is 12.1 Å². The molecule has 6 heteroatoms. The smallest absolute Gasteiger partial charge is 0.253 e. The zero-order valence-electron chi connectivity index (χ0n) is 10.3. The second-order valence-electron chi connectivity index (χ2n) is 4.16. The molecule has 2 aromatic rings. The number of amides is 1. The number of carbonyl (C=O) groups is 1. The summed E-state index contributed by atoms with van der Waals surface area (Å²) >= 11 is 0. The van der Waals surface area contributed by atoms with Crippen LogP contribution >= 0.6 is 0 Å². The summed E-state index contributed by atoms with van der Waals surface area (Å²) in [6.45, 7) is 0.00680. The minimum Gasteiger partial charge on any atom is -0.398 e. The molecule has 0 aromatic heterocycles. The highest BCUT2D eigenvalue weighted by molar-refractivity contribution is 5.99. The average Bonchev–Trinajstić information content (AvgIpc) is 2.40. The lowest BCUT2D eigenvalue weighted by molar-refractivity contribution is 0.0951. The molecule has 3 nitrogen and oxygen atoms in total. The number of benzene rings is 2. The number of carbonyl (C=O) groups excluding carboxylic acids is 1. The zero-order chi connectivity index (χ0) is 14.7. The minimum absolute atomic E-state index is 0.00680. The number of hydrogen-bond acceptors (Lipinski definition) is 2. The molecule has 3 N–H and O–H groups in total. The second kappa shape index (κ2) is 5.64. The summed E-state index contributed by atoms with van der Waals surface area (Å²) in [4.78, 5) is 11.8. The largest absolute Gasteiger partial charge is 0.398 e. The molecule has 2 aromatic carbocycles. The van der Waals surface area contributed by atoms with Gasteiger partial charge < -0.3 is 11.1 Å². The van der Waals surface area contributed by atoms with Crippen molar-refractivity contribution in [1.82, 2.24) is 5.32 Å². The molecule has 0 saturated carbocycles. The van der Waals surface area contributed by atoms with Crippen LogP contribution in [0.2, 0.25) is 0 Å². The molecular weight excluding hydrogens is 269 g/mol. The summed E-state index contributed by atoms with van der Waals surface area (Å²) in [6.07, 6.45) is 0. The summed E-state index contributed by atoms with van der Waals surface area (Å²) in [5.74, 6) is -3.01. The van der Waals surface area contributed by atoms with Gasteiger partial charge >= 0.3 is 0 Å². The predicted octanol–water partition coefficient (Wildman–Crippen LogP) is 2.62. The number of nitrogens with one attached hydrogen (secondary N) is 1. The van der Waals surface area contributed by atoms with Crippen LogP contribution in [0.15, 0.2) is 36.4 Å². The molecule has 2 rings (SSSR count). The van der Waals surface area contributed by atoms with Crippen molar-refractivity contribution in [3.05, 3.63) is 65.0 Å². The number of halogens is 3. The lowest BCUT2D eigenvalue weighted by Gasteiger charge is -2.08. The normalized spacial score (nSPS) is 10.3. The van der Waals surface area contributed by atoms with Crippen molar-refractivity contribution in [3.8, 4) is 0 Å². The Morgan fingerprint density at radius 2 is 1.80 bits per heavy atom. The molecular formula is C14H11F3N2O. The molecule has 0 fully saturated rings. The Hall–Kier alpha value is -2.50. The highest BCUT2D eigenvalue weighted by atomic mass is 19.2. The maximum absolute atomic E-state index is 13.0. The average molecular weight is 280 g/mol. The van der Waals surface area contributed by atoms with Gasteiger partial charge in [0.2, 0.25) is 0 Å². The molecule has 0 aliphatic carbocycles. The van der Waals surface area contributed by atoms with Gasteiger partial charge in [0.1, 0.15) is 5.82 Å². The van der Waals surface area contributed by atoms with E-state index >= 15 is 0 Å². The molecule has 0 atom stereocenters. The van der Waals surface area contributed by atoms with Crippen LogP contribution in [0.25, 0.3) is 0 Å². The van der Waals surface area contributed by atoms with E-state index in [0.29, 0.717) is 5.56 Å². The van der Waals surface area contributed by atoms with Crippen molar-refractivity contribution in [3.63, 3.8) is 0 Å². The maximum atomic E-state index is 13.0. The van der Waals surface area contributed by atoms with E-state index in [2.05, 4.69) is 5.32 Å². The van der Waals surface area contributed by atoms with Gasteiger partial charge in [0.25, 0.3) is 5.91 Å². The number of hydrogen-bond donors (Lipinski definition) is 2. The lowest BCUT2D eigenvalue weighted by Crippen LogP contribution is -2.24. The summed E-state index contributed by atoms with van der Waals surface area (Å²) in [7, 11) is 0. The van der Waals surface area contributed by atoms with Gasteiger partial charge in [-0.3, -0.25) is 4.79 Å². The van der Waals surface area contributed by atoms with Crippen LogP contribution in [0.3, 0.4) is 0 Å². The Kier molecular flexibility index (Phi) is 3.93. The van der Waals surface area contributed by atoms with E-state index in [4.69, 9.17) is 5.73 Å². The monoisotopic (exact) mass is 280 g/mol. The van der Waals surface area contributed by atoms with Crippen LogP contribution in [0.4, 0.5) is 18.9 Å². The molecule has 0 spiro atoms. The van der Waals surface area contributed by atoms with Crippen LogP contribution in [0, 0.1) is 17.5 Å². The number of anilines is 1. The Morgan fingerprint density at radius 1 is 1.05 bits per heavy atom. The highest BCUT2D eigenvalue weighted by Gasteiger charge is 2.10. The van der Waals surface area contributed by atoms with Crippen LogP contribution in [0.5, 0.6) is 0 Å². The van der Waals surface area contributed by atoms with Crippen molar-refractivity contribution in [2.24, 2.45) is 0 Å². The third kappa shape index (κ3) is 3.09. The fraction of sp³-hybridized carbons (Fsp3) is 0.0714. The zero-order valence-corrected chi connectivity index (χ0v) is 10.3. The van der Waals surface area contributed by atoms with Gasteiger partial charge in [-0.05, 0) is 35.9 Å². The molecule has 20 heavy (non-hydrogen) atoms. The SMILES string of the molecule is Nc1cc(F)ccc1C(=O)NCc1ccc(F)c(F)c1. The first-order valence-corrected chi connectivity index (χ1v) is 5.74. The molecule has 0 radical (unpaired) electrons. The standard InChI is InChI=1S/C14H11F3N2O/c15-9-2-3-10(13(18)6-9)14(20)19-7-8-1-4-11(16)12(17)5-8/h1-6H,7,18H2,(H,19,20). The van der Waals surface area contributed by atoms with E-state index in [0.717, 1.165) is 24.3 Å². The second-order valence-corrected chi connectivity index (χ2v) is 4.16. The first kappa shape index (κ1) is 13.9. The van der Waals surface area contributed by atoms with Gasteiger partial charge in [-0.25, -0.2) is 13.2 Å². The van der Waals surface area contributed by atoms with Crippen LogP contribution in [0.1, 0.15) is 15.9 Å². The van der Waals surface area contributed by atoms with Crippen LogP contribution in [-0.4, -0.2) is 5.91 Å². The van der Waals surface area contributed by atoms with Crippen LogP contribution in [-0.2, 0) is 6.54 Å². The Bertz CT molecular complexity index is 659. The fourth-order valence-electron chi connectivity index (χ4n) is 1.67. The third-order valence-corrected chi connectivity index (χ3v) is 2.70. The molecule has 0 unspecified atom stereocenters. The van der Waals surface area contributed by atoms with Crippen LogP contribution < -0.4 is 11.1 Å². The minimum atomic E-state index is -0.988. The Labute approximate surface area is 113 Å². The first-order chi connectivity index (χ1) is 9.47. The van der Waals surface area contributed by atoms with Crippen molar-refractivity contribution in [2.75, 3.05) is 5.73 Å². The van der Waals surface area contributed by atoms with Gasteiger partial charge in [-0.2, -0.15) is 0 Å². The third-order valence-electron chi connectivity index (χ3n) is 2.70. The molecule has 0 heterocycles. The Balaban J connectivity index is 2.06. The van der Waals surface area contributed by atoms with E-state index < -0.39 is 23.4 Å². The van der Waals surface area contributed by atoms with E-state index in [9.17, 15) is 18.0 Å². The molecule has 1 amide bonds. The molecule has 0 aliphatic rings. The van der Waals surface area contributed by atoms with E-state index in [1.54, 1.807) is 0 Å². The van der Waals surface area contributed by atoms with Gasteiger partial charge in [-0.1, -0.05) is 6.07 Å². The first-order valence-electron chi connectivity index (χ1n) is 5.74. The summed E-state index contributed by atoms with van der Waals surface area (Å²) in [5, 5.41) is 2.49. The van der Waals surface area contributed by atoms with Gasteiger partial charge in [0.15, 0.2) is 11.6 Å². The van der Waals surface area contributed by atoms with Crippen molar-refractivity contribution in [2.45, 2.75) is 6.54 Å². The number of nitrogen functional groups attached to an aromatic ring is 1.